The average molecular weight is 173 g/mol. The molecule has 0 bridgehead atoms. The molecule has 0 radical (unpaired) electrons. The van der Waals surface area contributed by atoms with Gasteiger partial charge in [-0.15, -0.1) is 0 Å². The van der Waals surface area contributed by atoms with E-state index in [1.54, 1.807) is 7.11 Å². The van der Waals surface area contributed by atoms with E-state index in [1.807, 2.05) is 0 Å². The van der Waals surface area contributed by atoms with Crippen molar-refractivity contribution in [2.75, 3.05) is 26.8 Å². The van der Waals surface area contributed by atoms with E-state index in [4.69, 9.17) is 4.74 Å². The maximum atomic E-state index is 9.65. The number of nitrogens with one attached hydrogen (secondary N) is 1. The quantitative estimate of drug-likeness (QED) is 0.648. The van der Waals surface area contributed by atoms with Crippen molar-refractivity contribution in [1.29, 1.82) is 0 Å². The Bertz CT molecular complexity index is 111. The van der Waals surface area contributed by atoms with E-state index in [1.165, 1.54) is 6.42 Å². The number of aliphatic hydroxyl groups is 1. The number of methoxy groups -OCH3 is 1. The van der Waals surface area contributed by atoms with Crippen LogP contribution in [0.1, 0.15) is 19.3 Å². The van der Waals surface area contributed by atoms with Gasteiger partial charge in [0.2, 0.25) is 0 Å². The lowest BCUT2D eigenvalue weighted by molar-refractivity contribution is 0.0215. The van der Waals surface area contributed by atoms with Crippen LogP contribution in [0.2, 0.25) is 0 Å². The van der Waals surface area contributed by atoms with Crippen LogP contribution in [0.4, 0.5) is 0 Å². The topological polar surface area (TPSA) is 41.5 Å². The Morgan fingerprint density at radius 1 is 1.50 bits per heavy atom. The number of hydrogen-bond donors (Lipinski definition) is 2. The van der Waals surface area contributed by atoms with E-state index in [9.17, 15) is 5.11 Å². The molecule has 0 aromatic carbocycles. The average Bonchev–Trinajstić information content (AvgIpc) is 2.32. The summed E-state index contributed by atoms with van der Waals surface area (Å²) in [7, 11) is 1.64. The summed E-state index contributed by atoms with van der Waals surface area (Å²) in [5.74, 6) is 0.431. The van der Waals surface area contributed by atoms with E-state index >= 15 is 0 Å². The van der Waals surface area contributed by atoms with Gasteiger partial charge in [-0.2, -0.15) is 0 Å². The fourth-order valence-corrected chi connectivity index (χ4v) is 1.74. The van der Waals surface area contributed by atoms with Crippen LogP contribution < -0.4 is 5.32 Å². The molecule has 0 spiro atoms. The van der Waals surface area contributed by atoms with Crippen molar-refractivity contribution < 1.29 is 9.84 Å². The van der Waals surface area contributed by atoms with Gasteiger partial charge in [-0.25, -0.2) is 0 Å². The number of ether oxygens (including phenoxy) is 1. The Kier molecular flexibility index (Phi) is 4.58. The monoisotopic (exact) mass is 173 g/mol. The minimum atomic E-state index is -0.269. The first kappa shape index (κ1) is 9.96. The first-order valence-electron chi connectivity index (χ1n) is 4.72. The molecule has 1 aliphatic heterocycles. The Morgan fingerprint density at radius 3 is 3.08 bits per heavy atom. The summed E-state index contributed by atoms with van der Waals surface area (Å²) in [4.78, 5) is 0. The molecule has 0 amide bonds. The normalized spacial score (nSPS) is 28.0. The molecule has 1 heterocycles. The number of hydrogen-bond acceptors (Lipinski definition) is 3. The zero-order valence-corrected chi connectivity index (χ0v) is 7.75. The third-order valence-electron chi connectivity index (χ3n) is 2.50. The number of rotatable bonds is 3. The van der Waals surface area contributed by atoms with Gasteiger partial charge in [-0.1, -0.05) is 0 Å². The van der Waals surface area contributed by atoms with Gasteiger partial charge < -0.3 is 15.2 Å². The molecule has 2 atom stereocenters. The van der Waals surface area contributed by atoms with Gasteiger partial charge in [-0.3, -0.25) is 0 Å². The Labute approximate surface area is 74.1 Å². The Hall–Kier alpha value is -0.120. The van der Waals surface area contributed by atoms with Gasteiger partial charge in [0.25, 0.3) is 0 Å². The summed E-state index contributed by atoms with van der Waals surface area (Å²) in [5.41, 5.74) is 0. The fourth-order valence-electron chi connectivity index (χ4n) is 1.74. The predicted octanol–water partition coefficient (Wildman–Crippen LogP) is 0.383. The van der Waals surface area contributed by atoms with E-state index in [-0.39, 0.29) is 6.10 Å². The van der Waals surface area contributed by atoms with E-state index in [0.717, 1.165) is 25.9 Å². The van der Waals surface area contributed by atoms with Crippen molar-refractivity contribution in [3.63, 3.8) is 0 Å². The zero-order chi connectivity index (χ0) is 8.81. The minimum Gasteiger partial charge on any atom is -0.390 e. The summed E-state index contributed by atoms with van der Waals surface area (Å²) in [6, 6.07) is 0. The van der Waals surface area contributed by atoms with Crippen molar-refractivity contribution in [3.8, 4) is 0 Å². The third kappa shape index (κ3) is 3.09. The second kappa shape index (κ2) is 5.51. The highest BCUT2D eigenvalue weighted by atomic mass is 16.5. The highest BCUT2D eigenvalue weighted by Crippen LogP contribution is 2.17. The standard InChI is InChI=1S/C9H19NO2/c1-12-7-9(11)8-3-2-5-10-6-4-8/h8-11H,2-7H2,1H3. The van der Waals surface area contributed by atoms with Crippen molar-refractivity contribution >= 4 is 0 Å². The first-order chi connectivity index (χ1) is 5.84. The molecule has 1 rings (SSSR count). The van der Waals surface area contributed by atoms with E-state index in [0.29, 0.717) is 12.5 Å². The van der Waals surface area contributed by atoms with Crippen LogP contribution in [-0.2, 0) is 4.74 Å². The summed E-state index contributed by atoms with van der Waals surface area (Å²) in [5, 5.41) is 13.0. The van der Waals surface area contributed by atoms with Crippen molar-refractivity contribution in [1.82, 2.24) is 5.32 Å². The molecule has 1 fully saturated rings. The molecule has 2 N–H and O–H groups in total. The van der Waals surface area contributed by atoms with E-state index < -0.39 is 0 Å². The Morgan fingerprint density at radius 2 is 2.33 bits per heavy atom. The van der Waals surface area contributed by atoms with Crippen LogP contribution >= 0.6 is 0 Å². The summed E-state index contributed by atoms with van der Waals surface area (Å²) in [6.45, 7) is 2.60. The predicted molar refractivity (Wildman–Crippen MR) is 48.1 cm³/mol. The van der Waals surface area contributed by atoms with Crippen LogP contribution in [0.15, 0.2) is 0 Å². The van der Waals surface area contributed by atoms with Crippen molar-refractivity contribution in [2.24, 2.45) is 5.92 Å². The molecular weight excluding hydrogens is 154 g/mol. The van der Waals surface area contributed by atoms with Gasteiger partial charge in [0, 0.05) is 7.11 Å². The molecule has 12 heavy (non-hydrogen) atoms. The lowest BCUT2D eigenvalue weighted by Gasteiger charge is -2.19. The first-order valence-corrected chi connectivity index (χ1v) is 4.72. The van der Waals surface area contributed by atoms with E-state index in [2.05, 4.69) is 5.32 Å². The molecule has 0 aromatic heterocycles. The van der Waals surface area contributed by atoms with Crippen LogP contribution in [-0.4, -0.2) is 38.0 Å². The SMILES string of the molecule is COCC(O)C1CCCNCC1. The molecule has 0 aliphatic carbocycles. The van der Waals surface area contributed by atoms with Crippen LogP contribution in [0.3, 0.4) is 0 Å². The van der Waals surface area contributed by atoms with Crippen LogP contribution in [0, 0.1) is 5.92 Å². The molecule has 0 saturated carbocycles. The molecule has 1 saturated heterocycles. The van der Waals surface area contributed by atoms with Crippen molar-refractivity contribution in [3.05, 3.63) is 0 Å². The summed E-state index contributed by atoms with van der Waals surface area (Å²) in [6.07, 6.45) is 3.10. The molecule has 2 unspecified atom stereocenters. The molecule has 0 aromatic rings. The maximum Gasteiger partial charge on any atom is 0.0802 e. The maximum absolute atomic E-state index is 9.65. The summed E-state index contributed by atoms with van der Waals surface area (Å²) < 4.78 is 4.93. The highest BCUT2D eigenvalue weighted by molar-refractivity contribution is 4.73. The summed E-state index contributed by atoms with van der Waals surface area (Å²) >= 11 is 0. The smallest absolute Gasteiger partial charge is 0.0802 e. The van der Waals surface area contributed by atoms with Gasteiger partial charge in [-0.05, 0) is 38.3 Å². The second-order valence-corrected chi connectivity index (χ2v) is 3.46. The van der Waals surface area contributed by atoms with Crippen molar-refractivity contribution in [2.45, 2.75) is 25.4 Å². The fraction of sp³-hybridized carbons (Fsp3) is 1.00. The lowest BCUT2D eigenvalue weighted by Crippen LogP contribution is -2.26. The molecule has 3 nitrogen and oxygen atoms in total. The molecule has 3 heteroatoms. The lowest BCUT2D eigenvalue weighted by atomic mass is 9.95. The number of aliphatic hydroxyl groups excluding tert-OH is 1. The molecule has 1 aliphatic rings. The molecule has 72 valence electrons. The van der Waals surface area contributed by atoms with Crippen LogP contribution in [0.25, 0.3) is 0 Å². The van der Waals surface area contributed by atoms with Gasteiger partial charge in [0.05, 0.1) is 12.7 Å². The van der Waals surface area contributed by atoms with Gasteiger partial charge >= 0.3 is 0 Å². The minimum absolute atomic E-state index is 0.269. The largest absolute Gasteiger partial charge is 0.390 e. The third-order valence-corrected chi connectivity index (χ3v) is 2.50. The van der Waals surface area contributed by atoms with Gasteiger partial charge in [0.15, 0.2) is 0 Å². The zero-order valence-electron chi connectivity index (χ0n) is 7.75. The highest BCUT2D eigenvalue weighted by Gasteiger charge is 2.19. The van der Waals surface area contributed by atoms with Crippen LogP contribution in [0.5, 0.6) is 0 Å². The Balaban J connectivity index is 2.27. The molecular formula is C9H19NO2. The van der Waals surface area contributed by atoms with Gasteiger partial charge in [0.1, 0.15) is 0 Å². The second-order valence-electron chi connectivity index (χ2n) is 3.46.